The molecule has 0 unspecified atom stereocenters. The van der Waals surface area contributed by atoms with Gasteiger partial charge in [-0.3, -0.25) is 4.79 Å². The van der Waals surface area contributed by atoms with E-state index >= 15 is 0 Å². The molecule has 140 valence electrons. The Morgan fingerprint density at radius 2 is 2.04 bits per heavy atom. The minimum absolute atomic E-state index is 0.0935. The van der Waals surface area contributed by atoms with Crippen LogP contribution < -0.4 is 4.90 Å². The van der Waals surface area contributed by atoms with Crippen LogP contribution in [-0.2, 0) is 13.0 Å². The monoisotopic (exact) mass is 366 g/mol. The van der Waals surface area contributed by atoms with Crippen molar-refractivity contribution in [3.63, 3.8) is 0 Å². The number of fused-ring (bicyclic) bond motifs is 1. The molecule has 0 radical (unpaired) electrons. The standard InChI is InChI=1S/C16H20F2N6O2/c1-22-4-6-23(7-5-22)16-21-12(14(17)18)13(26-16)15(25)24-3-2-10-11(8-24)20-9-19-10/h9,14H,2-8H2,1H3,(H,19,20). The Bertz CT molecular complexity index is 797. The molecule has 0 saturated carbocycles. The number of likely N-dealkylation sites (N-methyl/N-ethyl adjacent to an activating group) is 1. The molecule has 8 nitrogen and oxygen atoms in total. The van der Waals surface area contributed by atoms with Crippen LogP contribution in [0.2, 0.25) is 0 Å². The minimum Gasteiger partial charge on any atom is -0.418 e. The lowest BCUT2D eigenvalue weighted by Gasteiger charge is -2.31. The third-order valence-corrected chi connectivity index (χ3v) is 4.88. The van der Waals surface area contributed by atoms with Crippen LogP contribution in [0.15, 0.2) is 10.7 Å². The van der Waals surface area contributed by atoms with E-state index in [2.05, 4.69) is 19.9 Å². The normalized spacial score (nSPS) is 18.5. The third kappa shape index (κ3) is 3.05. The summed E-state index contributed by atoms with van der Waals surface area (Å²) in [6.45, 7) is 3.50. The summed E-state index contributed by atoms with van der Waals surface area (Å²) in [6.07, 6.45) is -0.719. The zero-order chi connectivity index (χ0) is 18.3. The largest absolute Gasteiger partial charge is 0.418 e. The van der Waals surface area contributed by atoms with Crippen LogP contribution >= 0.6 is 0 Å². The van der Waals surface area contributed by atoms with Gasteiger partial charge in [0.15, 0.2) is 5.69 Å². The quantitative estimate of drug-likeness (QED) is 0.882. The minimum atomic E-state index is -2.87. The van der Waals surface area contributed by atoms with Gasteiger partial charge in [0.2, 0.25) is 5.76 Å². The molecule has 2 aromatic heterocycles. The van der Waals surface area contributed by atoms with Gasteiger partial charge in [-0.2, -0.15) is 4.98 Å². The first-order chi connectivity index (χ1) is 12.5. The molecular formula is C16H20F2N6O2. The summed E-state index contributed by atoms with van der Waals surface area (Å²) in [7, 11) is 1.99. The Balaban J connectivity index is 1.58. The van der Waals surface area contributed by atoms with Gasteiger partial charge in [-0.15, -0.1) is 0 Å². The van der Waals surface area contributed by atoms with Crippen molar-refractivity contribution in [2.24, 2.45) is 0 Å². The number of carbonyl (C=O) groups is 1. The second kappa shape index (κ2) is 6.67. The fourth-order valence-corrected chi connectivity index (χ4v) is 3.28. The van der Waals surface area contributed by atoms with Crippen molar-refractivity contribution in [2.45, 2.75) is 19.4 Å². The maximum Gasteiger partial charge on any atom is 0.298 e. The molecule has 2 aliphatic rings. The molecule has 4 rings (SSSR count). The first kappa shape index (κ1) is 17.0. The van der Waals surface area contributed by atoms with E-state index < -0.39 is 18.0 Å². The van der Waals surface area contributed by atoms with E-state index in [1.807, 2.05) is 7.05 Å². The Morgan fingerprint density at radius 1 is 1.27 bits per heavy atom. The van der Waals surface area contributed by atoms with E-state index in [0.29, 0.717) is 32.6 Å². The summed E-state index contributed by atoms with van der Waals surface area (Å²) >= 11 is 0. The first-order valence-electron chi connectivity index (χ1n) is 8.55. The lowest BCUT2D eigenvalue weighted by atomic mass is 10.1. The van der Waals surface area contributed by atoms with Crippen LogP contribution in [0.1, 0.15) is 34.1 Å². The number of carbonyl (C=O) groups excluding carboxylic acids is 1. The van der Waals surface area contributed by atoms with Crippen molar-refractivity contribution in [1.29, 1.82) is 0 Å². The van der Waals surface area contributed by atoms with Gasteiger partial charge in [-0.25, -0.2) is 13.8 Å². The fraction of sp³-hybridized carbons (Fsp3) is 0.562. The topological polar surface area (TPSA) is 81.5 Å². The van der Waals surface area contributed by atoms with Crippen LogP contribution in [0.4, 0.5) is 14.8 Å². The molecule has 2 aromatic rings. The molecule has 4 heterocycles. The number of aromatic nitrogens is 3. The number of rotatable bonds is 3. The molecule has 1 fully saturated rings. The number of anilines is 1. The van der Waals surface area contributed by atoms with E-state index in [9.17, 15) is 13.6 Å². The molecule has 0 atom stereocenters. The van der Waals surface area contributed by atoms with Crippen molar-refractivity contribution in [3.05, 3.63) is 29.2 Å². The van der Waals surface area contributed by atoms with Crippen LogP contribution in [-0.4, -0.2) is 70.4 Å². The number of H-pyrrole nitrogens is 1. The molecule has 1 N–H and O–H groups in total. The third-order valence-electron chi connectivity index (χ3n) is 4.88. The number of alkyl halides is 2. The van der Waals surface area contributed by atoms with Crippen molar-refractivity contribution < 1.29 is 18.0 Å². The lowest BCUT2D eigenvalue weighted by Crippen LogP contribution is -2.44. The Morgan fingerprint density at radius 3 is 2.77 bits per heavy atom. The van der Waals surface area contributed by atoms with Gasteiger partial charge in [-0.1, -0.05) is 0 Å². The van der Waals surface area contributed by atoms with E-state index in [1.54, 1.807) is 11.2 Å². The second-order valence-corrected chi connectivity index (χ2v) is 6.61. The van der Waals surface area contributed by atoms with Gasteiger partial charge in [0.05, 0.1) is 24.3 Å². The summed E-state index contributed by atoms with van der Waals surface area (Å²) in [5, 5.41) is 0. The van der Waals surface area contributed by atoms with E-state index in [-0.39, 0.29) is 11.8 Å². The molecule has 10 heteroatoms. The van der Waals surface area contributed by atoms with Gasteiger partial charge in [0, 0.05) is 39.1 Å². The number of aromatic amines is 1. The van der Waals surface area contributed by atoms with E-state index in [4.69, 9.17) is 4.42 Å². The number of piperazine rings is 1. The van der Waals surface area contributed by atoms with Gasteiger partial charge >= 0.3 is 0 Å². The molecule has 2 aliphatic heterocycles. The number of hydrogen-bond acceptors (Lipinski definition) is 6. The average Bonchev–Trinajstić information content (AvgIpc) is 3.28. The SMILES string of the molecule is CN1CCN(c2nc(C(F)F)c(C(=O)N3CCc4nc[nH]c4C3)o2)CC1. The number of amides is 1. The maximum atomic E-state index is 13.5. The highest BCUT2D eigenvalue weighted by Gasteiger charge is 2.33. The van der Waals surface area contributed by atoms with Crippen LogP contribution in [0, 0.1) is 0 Å². The lowest BCUT2D eigenvalue weighted by molar-refractivity contribution is 0.0684. The summed E-state index contributed by atoms with van der Waals surface area (Å²) in [4.78, 5) is 29.3. The number of nitrogens with zero attached hydrogens (tertiary/aromatic N) is 5. The molecular weight excluding hydrogens is 346 g/mol. The number of nitrogens with one attached hydrogen (secondary N) is 1. The molecule has 26 heavy (non-hydrogen) atoms. The average molecular weight is 366 g/mol. The number of hydrogen-bond donors (Lipinski definition) is 1. The molecule has 0 spiro atoms. The number of imidazole rings is 1. The van der Waals surface area contributed by atoms with Crippen molar-refractivity contribution in [2.75, 3.05) is 44.7 Å². The van der Waals surface area contributed by atoms with Gasteiger partial charge < -0.3 is 24.1 Å². The van der Waals surface area contributed by atoms with Crippen LogP contribution in [0.25, 0.3) is 0 Å². The predicted molar refractivity (Wildman–Crippen MR) is 88.2 cm³/mol. The summed E-state index contributed by atoms with van der Waals surface area (Å²) in [6, 6.07) is 0.0935. The van der Waals surface area contributed by atoms with Gasteiger partial charge in [-0.05, 0) is 7.05 Å². The van der Waals surface area contributed by atoms with Crippen molar-refractivity contribution in [1.82, 2.24) is 24.8 Å². The Labute approximate surface area is 148 Å². The summed E-state index contributed by atoms with van der Waals surface area (Å²) in [5.41, 5.74) is 1.14. The predicted octanol–water partition coefficient (Wildman–Crippen LogP) is 1.29. The molecule has 0 aromatic carbocycles. The summed E-state index contributed by atoms with van der Waals surface area (Å²) in [5.74, 6) is -0.926. The van der Waals surface area contributed by atoms with Gasteiger partial charge in [0.1, 0.15) is 0 Å². The molecule has 0 aliphatic carbocycles. The number of halogens is 2. The molecule has 1 saturated heterocycles. The Kier molecular flexibility index (Phi) is 4.35. The maximum absolute atomic E-state index is 13.5. The second-order valence-electron chi connectivity index (χ2n) is 6.61. The Hall–Kier alpha value is -2.49. The highest BCUT2D eigenvalue weighted by Crippen LogP contribution is 2.29. The zero-order valence-electron chi connectivity index (χ0n) is 14.4. The van der Waals surface area contributed by atoms with E-state index in [0.717, 1.165) is 24.5 Å². The van der Waals surface area contributed by atoms with Crippen LogP contribution in [0.5, 0.6) is 0 Å². The van der Waals surface area contributed by atoms with E-state index in [1.165, 1.54) is 4.90 Å². The van der Waals surface area contributed by atoms with Gasteiger partial charge in [0.25, 0.3) is 18.3 Å². The molecule has 0 bridgehead atoms. The highest BCUT2D eigenvalue weighted by atomic mass is 19.3. The van der Waals surface area contributed by atoms with Crippen molar-refractivity contribution in [3.8, 4) is 0 Å². The smallest absolute Gasteiger partial charge is 0.298 e. The molecule has 1 amide bonds. The van der Waals surface area contributed by atoms with Crippen LogP contribution in [0.3, 0.4) is 0 Å². The summed E-state index contributed by atoms with van der Waals surface area (Å²) < 4.78 is 32.4. The fourth-order valence-electron chi connectivity index (χ4n) is 3.28. The zero-order valence-corrected chi connectivity index (χ0v) is 14.4. The number of oxazole rings is 1. The first-order valence-corrected chi connectivity index (χ1v) is 8.55. The van der Waals surface area contributed by atoms with Crippen molar-refractivity contribution >= 4 is 11.9 Å². The highest BCUT2D eigenvalue weighted by molar-refractivity contribution is 5.93.